The smallest absolute Gasteiger partial charge is 0.103 e. The second-order valence-electron chi connectivity index (χ2n) is 4.94. The molecule has 0 saturated heterocycles. The highest BCUT2D eigenvalue weighted by atomic mass is 16.4. The number of pyridine rings is 1. The number of carbonyl (C=O) groups excluding carboxylic acids is 1. The van der Waals surface area contributed by atoms with Gasteiger partial charge in [-0.2, -0.15) is 0 Å². The number of likely N-dealkylation sites (N-methyl/N-ethyl adjacent to an activating group) is 1. The van der Waals surface area contributed by atoms with Crippen molar-refractivity contribution < 1.29 is 14.8 Å². The Morgan fingerprint density at radius 3 is 2.80 bits per heavy atom. The molecule has 4 heteroatoms. The van der Waals surface area contributed by atoms with Crippen molar-refractivity contribution in [2.45, 2.75) is 13.0 Å². The zero-order valence-electron chi connectivity index (χ0n) is 11.5. The molecule has 2 rings (SSSR count). The molecule has 0 aliphatic carbocycles. The van der Waals surface area contributed by atoms with E-state index in [2.05, 4.69) is 12.0 Å². The Morgan fingerprint density at radius 1 is 1.25 bits per heavy atom. The van der Waals surface area contributed by atoms with E-state index in [-0.39, 0.29) is 5.56 Å². The Bertz CT molecular complexity index is 570. The average Bonchev–Trinajstić information content (AvgIpc) is 2.46. The number of aromatic carboxylic acids is 1. The maximum Gasteiger partial charge on any atom is 0.103 e. The fourth-order valence-corrected chi connectivity index (χ4v) is 2.13. The Hall–Kier alpha value is -2.20. The topological polar surface area (TPSA) is 57.5 Å². The molecule has 104 valence electrons. The van der Waals surface area contributed by atoms with Crippen LogP contribution in [0.4, 0.5) is 0 Å². The maximum atomic E-state index is 10.8. The van der Waals surface area contributed by atoms with Crippen LogP contribution in [0.5, 0.6) is 0 Å². The number of nitrogens with zero attached hydrogens (tertiary/aromatic N) is 1. The summed E-state index contributed by atoms with van der Waals surface area (Å²) in [6, 6.07) is 12.8. The second kappa shape index (κ2) is 6.82. The van der Waals surface area contributed by atoms with Crippen molar-refractivity contribution in [2.24, 2.45) is 0 Å². The highest BCUT2D eigenvalue weighted by Crippen LogP contribution is 2.03. The van der Waals surface area contributed by atoms with E-state index in [0.29, 0.717) is 0 Å². The van der Waals surface area contributed by atoms with Crippen molar-refractivity contribution in [1.82, 2.24) is 4.98 Å². The summed E-state index contributed by atoms with van der Waals surface area (Å²) in [5.74, 6) is -1.13. The zero-order valence-corrected chi connectivity index (χ0v) is 11.5. The molecule has 1 heterocycles. The van der Waals surface area contributed by atoms with Gasteiger partial charge < -0.3 is 14.8 Å². The number of hydrogen-bond donors (Lipinski definition) is 1. The first kappa shape index (κ1) is 14.2. The Balaban J connectivity index is 1.89. The minimum atomic E-state index is -1.13. The summed E-state index contributed by atoms with van der Waals surface area (Å²) in [7, 11) is 2.09. The van der Waals surface area contributed by atoms with Gasteiger partial charge >= 0.3 is 0 Å². The van der Waals surface area contributed by atoms with Gasteiger partial charge in [0, 0.05) is 23.9 Å². The van der Waals surface area contributed by atoms with Crippen LogP contribution in [0.2, 0.25) is 0 Å². The number of benzene rings is 1. The third kappa shape index (κ3) is 4.17. The molecule has 0 amide bonds. The van der Waals surface area contributed by atoms with Gasteiger partial charge in [-0.25, -0.2) is 0 Å². The van der Waals surface area contributed by atoms with Crippen molar-refractivity contribution in [3.8, 4) is 0 Å². The van der Waals surface area contributed by atoms with E-state index in [0.717, 1.165) is 30.8 Å². The lowest BCUT2D eigenvalue weighted by atomic mass is 10.1. The molecule has 20 heavy (non-hydrogen) atoms. The summed E-state index contributed by atoms with van der Waals surface area (Å²) in [6.07, 6.45) is 2.71. The van der Waals surface area contributed by atoms with Crippen molar-refractivity contribution in [2.75, 3.05) is 13.6 Å². The van der Waals surface area contributed by atoms with Crippen LogP contribution in [0.15, 0.2) is 48.7 Å². The standard InChI is InChI=1S/C16H18N2O2/c1-18(10-8-15-7-2-3-9-17-15)12-13-5-4-6-14(11-13)16(19)20/h2-7,9,11H,8,10,12H2,1H3,(H,19,20). The molecule has 0 fully saturated rings. The number of carboxylic acid groups (broad SMARTS) is 1. The van der Waals surface area contributed by atoms with E-state index in [4.69, 9.17) is 0 Å². The molecule has 4 nitrogen and oxygen atoms in total. The number of quaternary nitrogens is 1. The molecule has 0 bridgehead atoms. The second-order valence-corrected chi connectivity index (χ2v) is 4.94. The quantitative estimate of drug-likeness (QED) is 0.784. The maximum absolute atomic E-state index is 10.8. The first-order chi connectivity index (χ1) is 9.65. The molecule has 0 radical (unpaired) electrons. The van der Waals surface area contributed by atoms with E-state index in [1.807, 2.05) is 24.3 Å². The zero-order chi connectivity index (χ0) is 14.4. The molecular weight excluding hydrogens is 252 g/mol. The summed E-state index contributed by atoms with van der Waals surface area (Å²) < 4.78 is 0. The third-order valence-corrected chi connectivity index (χ3v) is 3.20. The largest absolute Gasteiger partial charge is 0.545 e. The van der Waals surface area contributed by atoms with Gasteiger partial charge in [0.1, 0.15) is 6.54 Å². The predicted molar refractivity (Wildman–Crippen MR) is 74.2 cm³/mol. The fraction of sp³-hybridized carbons (Fsp3) is 0.250. The lowest BCUT2D eigenvalue weighted by molar-refractivity contribution is -0.893. The molecule has 0 aliphatic rings. The Morgan fingerprint density at radius 2 is 2.10 bits per heavy atom. The first-order valence-electron chi connectivity index (χ1n) is 6.66. The molecular formula is C16H18N2O2. The van der Waals surface area contributed by atoms with Gasteiger partial charge in [0.2, 0.25) is 0 Å². The summed E-state index contributed by atoms with van der Waals surface area (Å²) >= 11 is 0. The summed E-state index contributed by atoms with van der Waals surface area (Å²) in [6.45, 7) is 1.74. The molecule has 1 N–H and O–H groups in total. The highest BCUT2D eigenvalue weighted by molar-refractivity contribution is 5.85. The van der Waals surface area contributed by atoms with Crippen LogP contribution in [0.3, 0.4) is 0 Å². The fourth-order valence-electron chi connectivity index (χ4n) is 2.13. The Labute approximate surface area is 118 Å². The summed E-state index contributed by atoms with van der Waals surface area (Å²) in [4.78, 5) is 16.4. The van der Waals surface area contributed by atoms with Crippen molar-refractivity contribution in [3.63, 3.8) is 0 Å². The lowest BCUT2D eigenvalue weighted by Gasteiger charge is -2.14. The van der Waals surface area contributed by atoms with Gasteiger partial charge in [0.05, 0.1) is 19.6 Å². The van der Waals surface area contributed by atoms with Crippen LogP contribution in [0.25, 0.3) is 0 Å². The number of hydrogen-bond acceptors (Lipinski definition) is 3. The van der Waals surface area contributed by atoms with Crippen LogP contribution in [0, 0.1) is 0 Å². The van der Waals surface area contributed by atoms with Crippen LogP contribution >= 0.6 is 0 Å². The van der Waals surface area contributed by atoms with E-state index in [1.54, 1.807) is 24.4 Å². The molecule has 0 saturated carbocycles. The number of nitrogens with one attached hydrogen (secondary N) is 1. The van der Waals surface area contributed by atoms with Crippen LogP contribution < -0.4 is 10.0 Å². The van der Waals surface area contributed by atoms with Crippen LogP contribution in [-0.4, -0.2) is 24.5 Å². The molecule has 1 aromatic heterocycles. The molecule has 1 atom stereocenters. The molecule has 0 aliphatic heterocycles. The van der Waals surface area contributed by atoms with Crippen molar-refractivity contribution in [3.05, 3.63) is 65.5 Å². The van der Waals surface area contributed by atoms with Crippen LogP contribution in [-0.2, 0) is 13.0 Å². The van der Waals surface area contributed by atoms with E-state index in [1.165, 1.54) is 4.90 Å². The number of rotatable bonds is 6. The van der Waals surface area contributed by atoms with E-state index >= 15 is 0 Å². The monoisotopic (exact) mass is 270 g/mol. The normalized spacial score (nSPS) is 12.1. The van der Waals surface area contributed by atoms with Crippen molar-refractivity contribution >= 4 is 5.97 Å². The summed E-state index contributed by atoms with van der Waals surface area (Å²) in [5.41, 5.74) is 2.32. The minimum Gasteiger partial charge on any atom is -0.545 e. The molecule has 2 aromatic rings. The van der Waals surface area contributed by atoms with Gasteiger partial charge in [-0.3, -0.25) is 4.98 Å². The molecule has 1 unspecified atom stereocenters. The van der Waals surface area contributed by atoms with Gasteiger partial charge in [-0.1, -0.05) is 24.3 Å². The highest BCUT2D eigenvalue weighted by Gasteiger charge is 2.06. The van der Waals surface area contributed by atoms with E-state index < -0.39 is 5.97 Å². The Kier molecular flexibility index (Phi) is 4.85. The summed E-state index contributed by atoms with van der Waals surface area (Å²) in [5, 5.41) is 10.8. The van der Waals surface area contributed by atoms with Gasteiger partial charge in [-0.05, 0) is 23.8 Å². The lowest BCUT2D eigenvalue weighted by Crippen LogP contribution is -3.07. The third-order valence-electron chi connectivity index (χ3n) is 3.20. The number of carboxylic acids is 1. The van der Waals surface area contributed by atoms with Gasteiger partial charge in [-0.15, -0.1) is 0 Å². The minimum absolute atomic E-state index is 0.236. The SMILES string of the molecule is C[NH+](CCc1ccccn1)Cc1cccc(C(=O)[O-])c1. The molecule has 1 aromatic carbocycles. The van der Waals surface area contributed by atoms with Gasteiger partial charge in [0.25, 0.3) is 0 Å². The first-order valence-corrected chi connectivity index (χ1v) is 6.66. The predicted octanol–water partition coefficient (Wildman–Crippen LogP) is -0.297. The average molecular weight is 270 g/mol. The molecule has 0 spiro atoms. The number of aromatic nitrogens is 1. The number of carbonyl (C=O) groups is 1. The van der Waals surface area contributed by atoms with Crippen molar-refractivity contribution in [1.29, 1.82) is 0 Å². The van der Waals surface area contributed by atoms with Gasteiger partial charge in [0.15, 0.2) is 0 Å². The van der Waals surface area contributed by atoms with E-state index in [9.17, 15) is 9.90 Å². The van der Waals surface area contributed by atoms with Crippen LogP contribution in [0.1, 0.15) is 21.6 Å².